The predicted octanol–water partition coefficient (Wildman–Crippen LogP) is 1.26. The van der Waals surface area contributed by atoms with Gasteiger partial charge in [-0.2, -0.15) is 0 Å². The maximum absolute atomic E-state index is 12.3. The van der Waals surface area contributed by atoms with Crippen molar-refractivity contribution in [3.8, 4) is 0 Å². The maximum atomic E-state index is 12.3. The highest BCUT2D eigenvalue weighted by Crippen LogP contribution is 2.29. The predicted molar refractivity (Wildman–Crippen MR) is 76.0 cm³/mol. The summed E-state index contributed by atoms with van der Waals surface area (Å²) in [5.74, 6) is 0.242. The Bertz CT molecular complexity index is 301. The van der Waals surface area contributed by atoms with Crippen LogP contribution in [0.15, 0.2) is 0 Å². The van der Waals surface area contributed by atoms with Gasteiger partial charge in [0.05, 0.1) is 6.04 Å². The van der Waals surface area contributed by atoms with Crippen LogP contribution < -0.4 is 10.6 Å². The summed E-state index contributed by atoms with van der Waals surface area (Å²) in [4.78, 5) is 14.9. The number of piperidine rings is 1. The monoisotopic (exact) mass is 265 g/mol. The van der Waals surface area contributed by atoms with E-state index in [0.717, 1.165) is 31.8 Å². The van der Waals surface area contributed by atoms with E-state index >= 15 is 0 Å². The molecule has 2 heterocycles. The van der Waals surface area contributed by atoms with Crippen molar-refractivity contribution in [3.63, 3.8) is 0 Å². The Morgan fingerprint density at radius 2 is 1.79 bits per heavy atom. The van der Waals surface area contributed by atoms with E-state index < -0.39 is 0 Å². The van der Waals surface area contributed by atoms with E-state index in [4.69, 9.17) is 0 Å². The highest BCUT2D eigenvalue weighted by atomic mass is 16.2. The molecule has 1 amide bonds. The third-order valence-electron chi connectivity index (χ3n) is 4.82. The summed E-state index contributed by atoms with van der Waals surface area (Å²) in [6, 6.07) is 1.34. The fourth-order valence-corrected chi connectivity index (χ4v) is 3.40. The molecule has 3 fully saturated rings. The van der Waals surface area contributed by atoms with Crippen molar-refractivity contribution in [2.45, 2.75) is 69.5 Å². The topological polar surface area (TPSA) is 44.4 Å². The Labute approximate surface area is 116 Å². The van der Waals surface area contributed by atoms with Gasteiger partial charge in [-0.05, 0) is 45.1 Å². The summed E-state index contributed by atoms with van der Waals surface area (Å²) >= 11 is 0. The van der Waals surface area contributed by atoms with Gasteiger partial charge in [0.15, 0.2) is 0 Å². The second-order valence-corrected chi connectivity index (χ2v) is 6.41. The minimum absolute atomic E-state index is 0.0592. The van der Waals surface area contributed by atoms with Crippen LogP contribution in [0, 0.1) is 0 Å². The number of likely N-dealkylation sites (tertiary alicyclic amines) is 1. The fourth-order valence-electron chi connectivity index (χ4n) is 3.40. The second-order valence-electron chi connectivity index (χ2n) is 6.41. The fraction of sp³-hybridized carbons (Fsp3) is 0.933. The van der Waals surface area contributed by atoms with E-state index in [1.807, 2.05) is 0 Å². The van der Waals surface area contributed by atoms with Gasteiger partial charge in [0, 0.05) is 25.2 Å². The number of nitrogens with one attached hydrogen (secondary N) is 2. The first kappa shape index (κ1) is 13.4. The van der Waals surface area contributed by atoms with Crippen LogP contribution in [0.5, 0.6) is 0 Å². The van der Waals surface area contributed by atoms with Gasteiger partial charge in [0.1, 0.15) is 0 Å². The largest absolute Gasteiger partial charge is 0.352 e. The van der Waals surface area contributed by atoms with Crippen LogP contribution in [0.1, 0.15) is 51.4 Å². The van der Waals surface area contributed by atoms with E-state index in [1.54, 1.807) is 0 Å². The third-order valence-corrected chi connectivity index (χ3v) is 4.82. The normalized spacial score (nSPS) is 30.8. The number of hydrogen-bond donors (Lipinski definition) is 2. The molecule has 0 radical (unpaired) electrons. The average molecular weight is 265 g/mol. The zero-order chi connectivity index (χ0) is 13.1. The molecule has 108 valence electrons. The van der Waals surface area contributed by atoms with Gasteiger partial charge in [0.25, 0.3) is 0 Å². The van der Waals surface area contributed by atoms with Crippen molar-refractivity contribution in [1.82, 2.24) is 15.5 Å². The number of rotatable bonds is 3. The summed E-state index contributed by atoms with van der Waals surface area (Å²) in [7, 11) is 0. The summed E-state index contributed by atoms with van der Waals surface area (Å²) in [5.41, 5.74) is 0. The molecule has 1 aliphatic carbocycles. The van der Waals surface area contributed by atoms with Gasteiger partial charge in [0.2, 0.25) is 5.91 Å². The molecule has 19 heavy (non-hydrogen) atoms. The Balaban J connectivity index is 1.41. The molecule has 3 aliphatic rings. The van der Waals surface area contributed by atoms with E-state index in [-0.39, 0.29) is 11.9 Å². The molecule has 1 unspecified atom stereocenters. The van der Waals surface area contributed by atoms with Crippen LogP contribution in [-0.4, -0.2) is 48.6 Å². The lowest BCUT2D eigenvalue weighted by Gasteiger charge is -2.33. The Morgan fingerprint density at radius 3 is 2.53 bits per heavy atom. The summed E-state index contributed by atoms with van der Waals surface area (Å²) in [5, 5.41) is 6.65. The first-order valence-corrected chi connectivity index (χ1v) is 8.11. The van der Waals surface area contributed by atoms with E-state index in [9.17, 15) is 4.79 Å². The number of carbonyl (C=O) groups excluding carboxylic acids is 1. The number of carbonyl (C=O) groups is 1. The standard InChI is InChI=1S/C15H27N3O/c19-15(14-4-2-1-3-9-16-14)17-12-7-10-18(11-8-12)13-5-6-13/h12-14,16H,1-11H2,(H,17,19). The lowest BCUT2D eigenvalue weighted by atomic mass is 10.0. The van der Waals surface area contributed by atoms with Crippen LogP contribution in [0.25, 0.3) is 0 Å². The molecule has 0 bridgehead atoms. The molecular weight excluding hydrogens is 238 g/mol. The number of hydrogen-bond acceptors (Lipinski definition) is 3. The van der Waals surface area contributed by atoms with Gasteiger partial charge in [-0.1, -0.05) is 12.8 Å². The Morgan fingerprint density at radius 1 is 1.00 bits per heavy atom. The highest BCUT2D eigenvalue weighted by Gasteiger charge is 2.32. The van der Waals surface area contributed by atoms with Gasteiger partial charge in [-0.25, -0.2) is 0 Å². The van der Waals surface area contributed by atoms with Crippen molar-refractivity contribution in [2.24, 2.45) is 0 Å². The van der Waals surface area contributed by atoms with Crippen molar-refractivity contribution in [1.29, 1.82) is 0 Å². The SMILES string of the molecule is O=C(NC1CCN(C2CC2)CC1)C1CCCCCN1. The molecule has 1 atom stereocenters. The van der Waals surface area contributed by atoms with E-state index in [1.165, 1.54) is 45.2 Å². The quantitative estimate of drug-likeness (QED) is 0.807. The molecule has 2 saturated heterocycles. The molecule has 0 aromatic rings. The molecule has 3 rings (SSSR count). The van der Waals surface area contributed by atoms with E-state index in [2.05, 4.69) is 15.5 Å². The van der Waals surface area contributed by atoms with Crippen LogP contribution in [0.4, 0.5) is 0 Å². The van der Waals surface area contributed by atoms with Gasteiger partial charge in [-0.3, -0.25) is 4.79 Å². The van der Waals surface area contributed by atoms with Crippen molar-refractivity contribution < 1.29 is 4.79 Å². The lowest BCUT2D eigenvalue weighted by molar-refractivity contribution is -0.124. The van der Waals surface area contributed by atoms with E-state index in [0.29, 0.717) is 6.04 Å². The highest BCUT2D eigenvalue weighted by molar-refractivity contribution is 5.82. The average Bonchev–Trinajstić information content (AvgIpc) is 3.26. The van der Waals surface area contributed by atoms with Crippen LogP contribution in [-0.2, 0) is 4.79 Å². The zero-order valence-corrected chi connectivity index (χ0v) is 11.9. The molecule has 0 aromatic heterocycles. The minimum Gasteiger partial charge on any atom is -0.352 e. The minimum atomic E-state index is 0.0592. The number of amides is 1. The van der Waals surface area contributed by atoms with Gasteiger partial charge >= 0.3 is 0 Å². The smallest absolute Gasteiger partial charge is 0.237 e. The Hall–Kier alpha value is -0.610. The maximum Gasteiger partial charge on any atom is 0.237 e. The molecule has 2 aliphatic heterocycles. The van der Waals surface area contributed by atoms with Gasteiger partial charge < -0.3 is 15.5 Å². The molecule has 2 N–H and O–H groups in total. The van der Waals surface area contributed by atoms with Gasteiger partial charge in [-0.15, -0.1) is 0 Å². The molecule has 0 spiro atoms. The molecular formula is C15H27N3O. The second kappa shape index (κ2) is 6.23. The van der Waals surface area contributed by atoms with Crippen LogP contribution in [0.3, 0.4) is 0 Å². The Kier molecular flexibility index (Phi) is 4.38. The number of nitrogens with zero attached hydrogens (tertiary/aromatic N) is 1. The summed E-state index contributed by atoms with van der Waals surface area (Å²) < 4.78 is 0. The van der Waals surface area contributed by atoms with Crippen molar-refractivity contribution in [2.75, 3.05) is 19.6 Å². The van der Waals surface area contributed by atoms with Crippen molar-refractivity contribution in [3.05, 3.63) is 0 Å². The molecule has 4 heteroatoms. The van der Waals surface area contributed by atoms with Crippen LogP contribution >= 0.6 is 0 Å². The van der Waals surface area contributed by atoms with Crippen LogP contribution in [0.2, 0.25) is 0 Å². The summed E-state index contributed by atoms with van der Waals surface area (Å²) in [6.45, 7) is 3.35. The first-order valence-electron chi connectivity index (χ1n) is 8.11. The first-order chi connectivity index (χ1) is 9.33. The third kappa shape index (κ3) is 3.69. The summed E-state index contributed by atoms with van der Waals surface area (Å²) in [6.07, 6.45) is 9.72. The molecule has 4 nitrogen and oxygen atoms in total. The van der Waals surface area contributed by atoms with Crippen molar-refractivity contribution >= 4 is 5.91 Å². The molecule has 0 aromatic carbocycles. The lowest BCUT2D eigenvalue weighted by Crippen LogP contribution is -2.51. The molecule has 1 saturated carbocycles. The zero-order valence-electron chi connectivity index (χ0n) is 11.9.